The molecule has 1 saturated carbocycles. The van der Waals surface area contributed by atoms with Gasteiger partial charge in [-0.25, -0.2) is 9.78 Å². The number of pyridine rings is 1. The predicted octanol–water partition coefficient (Wildman–Crippen LogP) is 1.22. The normalized spacial score (nSPS) is 17.1. The first-order valence-corrected chi connectivity index (χ1v) is 9.16. The average molecular weight is 371 g/mol. The molecule has 0 N–H and O–H groups in total. The lowest BCUT2D eigenvalue weighted by Gasteiger charge is -2.34. The van der Waals surface area contributed by atoms with Crippen molar-refractivity contribution in [1.82, 2.24) is 20.0 Å². The zero-order chi connectivity index (χ0) is 18.8. The molecular formula is C18H21N5O4. The van der Waals surface area contributed by atoms with Crippen molar-refractivity contribution in [2.24, 2.45) is 0 Å². The Hall–Kier alpha value is -2.97. The van der Waals surface area contributed by atoms with Crippen LogP contribution in [0.3, 0.4) is 0 Å². The highest BCUT2D eigenvalue weighted by atomic mass is 16.5. The van der Waals surface area contributed by atoms with E-state index in [1.807, 2.05) is 12.1 Å². The van der Waals surface area contributed by atoms with E-state index in [1.54, 1.807) is 13.1 Å². The van der Waals surface area contributed by atoms with E-state index in [0.717, 1.165) is 24.2 Å². The first kappa shape index (κ1) is 17.4. The SMILES string of the molecule is CCOC(=O)C(=O)N1CCN(c2ccc(-c3noc(C4CC4)n3)cn2)CC1. The molecule has 9 nitrogen and oxygen atoms in total. The number of piperazine rings is 1. The number of amides is 1. The van der Waals surface area contributed by atoms with Crippen molar-refractivity contribution in [3.8, 4) is 11.4 Å². The lowest BCUT2D eigenvalue weighted by Crippen LogP contribution is -2.51. The second kappa shape index (κ2) is 7.34. The summed E-state index contributed by atoms with van der Waals surface area (Å²) in [6.45, 7) is 3.99. The number of aromatic nitrogens is 3. The summed E-state index contributed by atoms with van der Waals surface area (Å²) in [7, 11) is 0. The van der Waals surface area contributed by atoms with Gasteiger partial charge in [0.05, 0.1) is 6.61 Å². The van der Waals surface area contributed by atoms with Crippen molar-refractivity contribution in [2.45, 2.75) is 25.7 Å². The van der Waals surface area contributed by atoms with Gasteiger partial charge in [-0.2, -0.15) is 4.98 Å². The van der Waals surface area contributed by atoms with Crippen molar-refractivity contribution in [1.29, 1.82) is 0 Å². The van der Waals surface area contributed by atoms with Gasteiger partial charge in [-0.15, -0.1) is 0 Å². The van der Waals surface area contributed by atoms with Crippen LogP contribution >= 0.6 is 0 Å². The van der Waals surface area contributed by atoms with Gasteiger partial charge in [-0.1, -0.05) is 5.16 Å². The molecule has 9 heteroatoms. The highest BCUT2D eigenvalue weighted by Crippen LogP contribution is 2.39. The van der Waals surface area contributed by atoms with E-state index < -0.39 is 11.9 Å². The van der Waals surface area contributed by atoms with Crippen molar-refractivity contribution in [2.75, 3.05) is 37.7 Å². The van der Waals surface area contributed by atoms with E-state index in [2.05, 4.69) is 20.0 Å². The van der Waals surface area contributed by atoms with Crippen LogP contribution in [-0.4, -0.2) is 64.7 Å². The van der Waals surface area contributed by atoms with Crippen LogP contribution in [0.4, 0.5) is 5.82 Å². The van der Waals surface area contributed by atoms with Gasteiger partial charge in [0.2, 0.25) is 11.7 Å². The van der Waals surface area contributed by atoms with E-state index >= 15 is 0 Å². The molecule has 4 rings (SSSR count). The van der Waals surface area contributed by atoms with Gasteiger partial charge in [0, 0.05) is 43.9 Å². The number of carbonyl (C=O) groups is 2. The Bertz CT molecular complexity index is 823. The van der Waals surface area contributed by atoms with Crippen LogP contribution in [0.15, 0.2) is 22.9 Å². The summed E-state index contributed by atoms with van der Waals surface area (Å²) in [5, 5.41) is 4.02. The molecule has 2 fully saturated rings. The Labute approximate surface area is 156 Å². The maximum absolute atomic E-state index is 12.0. The number of hydrogen-bond donors (Lipinski definition) is 0. The summed E-state index contributed by atoms with van der Waals surface area (Å²) in [6.07, 6.45) is 3.96. The minimum Gasteiger partial charge on any atom is -0.459 e. The lowest BCUT2D eigenvalue weighted by atomic mass is 10.2. The van der Waals surface area contributed by atoms with Gasteiger partial charge in [-0.3, -0.25) is 4.79 Å². The molecular weight excluding hydrogens is 350 g/mol. The summed E-state index contributed by atoms with van der Waals surface area (Å²) in [5.74, 6) is 1.12. The number of ether oxygens (including phenoxy) is 1. The Kier molecular flexibility index (Phi) is 4.74. The van der Waals surface area contributed by atoms with Crippen molar-refractivity contribution >= 4 is 17.7 Å². The second-order valence-electron chi connectivity index (χ2n) is 6.64. The van der Waals surface area contributed by atoms with Crippen molar-refractivity contribution in [3.05, 3.63) is 24.2 Å². The molecule has 0 spiro atoms. The van der Waals surface area contributed by atoms with Crippen LogP contribution in [0, 0.1) is 0 Å². The quantitative estimate of drug-likeness (QED) is 0.584. The topological polar surface area (TPSA) is 102 Å². The van der Waals surface area contributed by atoms with Crippen LogP contribution in [0.2, 0.25) is 0 Å². The first-order valence-electron chi connectivity index (χ1n) is 9.16. The molecule has 2 aliphatic rings. The predicted molar refractivity (Wildman–Crippen MR) is 94.9 cm³/mol. The molecule has 2 aromatic rings. The molecule has 27 heavy (non-hydrogen) atoms. The van der Waals surface area contributed by atoms with Crippen molar-refractivity contribution in [3.63, 3.8) is 0 Å². The number of nitrogens with zero attached hydrogens (tertiary/aromatic N) is 5. The molecule has 0 unspecified atom stereocenters. The van der Waals surface area contributed by atoms with E-state index in [9.17, 15) is 9.59 Å². The van der Waals surface area contributed by atoms with Gasteiger partial charge in [0.25, 0.3) is 0 Å². The molecule has 1 amide bonds. The summed E-state index contributed by atoms with van der Waals surface area (Å²) < 4.78 is 10.1. The fourth-order valence-electron chi connectivity index (χ4n) is 3.01. The summed E-state index contributed by atoms with van der Waals surface area (Å²) in [6, 6.07) is 3.82. The molecule has 3 heterocycles. The average Bonchev–Trinajstić information content (AvgIpc) is 3.45. The van der Waals surface area contributed by atoms with Crippen LogP contribution < -0.4 is 4.90 Å². The number of rotatable bonds is 4. The van der Waals surface area contributed by atoms with Gasteiger partial charge in [0.15, 0.2) is 0 Å². The zero-order valence-corrected chi connectivity index (χ0v) is 15.1. The summed E-state index contributed by atoms with van der Waals surface area (Å²) in [5.41, 5.74) is 0.811. The zero-order valence-electron chi connectivity index (χ0n) is 15.1. The van der Waals surface area contributed by atoms with Gasteiger partial charge >= 0.3 is 11.9 Å². The standard InChI is InChI=1S/C18H21N5O4/c1-2-26-18(25)17(24)23-9-7-22(8-10-23)14-6-5-13(11-19-14)15-20-16(27-21-15)12-3-4-12/h5-6,11-12H,2-4,7-10H2,1H3. The second-order valence-corrected chi connectivity index (χ2v) is 6.64. The molecule has 1 aliphatic carbocycles. The molecule has 0 bridgehead atoms. The van der Waals surface area contributed by atoms with E-state index in [-0.39, 0.29) is 6.61 Å². The third-order valence-electron chi connectivity index (χ3n) is 4.72. The van der Waals surface area contributed by atoms with E-state index in [0.29, 0.717) is 43.8 Å². The van der Waals surface area contributed by atoms with E-state index in [1.165, 1.54) is 4.90 Å². The first-order chi connectivity index (χ1) is 13.2. The van der Waals surface area contributed by atoms with Gasteiger partial charge in [0.1, 0.15) is 5.82 Å². The molecule has 142 valence electrons. The van der Waals surface area contributed by atoms with Gasteiger partial charge < -0.3 is 19.1 Å². The smallest absolute Gasteiger partial charge is 0.397 e. The minimum atomic E-state index is -0.792. The Balaban J connectivity index is 1.35. The molecule has 0 aromatic carbocycles. The Morgan fingerprint density at radius 2 is 2.00 bits per heavy atom. The maximum atomic E-state index is 12.0. The highest BCUT2D eigenvalue weighted by molar-refractivity contribution is 6.32. The molecule has 2 aromatic heterocycles. The Morgan fingerprint density at radius 3 is 2.63 bits per heavy atom. The third kappa shape index (κ3) is 3.76. The minimum absolute atomic E-state index is 0.198. The van der Waals surface area contributed by atoms with Crippen LogP contribution in [0.25, 0.3) is 11.4 Å². The monoisotopic (exact) mass is 371 g/mol. The number of esters is 1. The lowest BCUT2D eigenvalue weighted by molar-refractivity contribution is -0.160. The maximum Gasteiger partial charge on any atom is 0.397 e. The fourth-order valence-corrected chi connectivity index (χ4v) is 3.01. The van der Waals surface area contributed by atoms with Gasteiger partial charge in [-0.05, 0) is 31.9 Å². The summed E-state index contributed by atoms with van der Waals surface area (Å²) >= 11 is 0. The summed E-state index contributed by atoms with van der Waals surface area (Å²) in [4.78, 5) is 36.0. The third-order valence-corrected chi connectivity index (χ3v) is 4.72. The van der Waals surface area contributed by atoms with Crippen LogP contribution in [0.5, 0.6) is 0 Å². The number of carbonyl (C=O) groups excluding carboxylic acids is 2. The molecule has 0 atom stereocenters. The molecule has 1 saturated heterocycles. The van der Waals surface area contributed by atoms with Crippen LogP contribution in [0.1, 0.15) is 31.6 Å². The molecule has 1 aliphatic heterocycles. The number of anilines is 1. The fraction of sp³-hybridized carbons (Fsp3) is 0.500. The van der Waals surface area contributed by atoms with E-state index in [4.69, 9.17) is 9.26 Å². The number of hydrogen-bond acceptors (Lipinski definition) is 8. The van der Waals surface area contributed by atoms with Crippen molar-refractivity contribution < 1.29 is 18.8 Å². The molecule has 0 radical (unpaired) electrons. The highest BCUT2D eigenvalue weighted by Gasteiger charge is 2.30. The van der Waals surface area contributed by atoms with Crippen LogP contribution in [-0.2, 0) is 14.3 Å². The Morgan fingerprint density at radius 1 is 1.22 bits per heavy atom. The largest absolute Gasteiger partial charge is 0.459 e.